The lowest BCUT2D eigenvalue weighted by molar-refractivity contribution is -0.144. The van der Waals surface area contributed by atoms with Gasteiger partial charge in [-0.2, -0.15) is 0 Å². The van der Waals surface area contributed by atoms with E-state index < -0.39 is 0 Å². The van der Waals surface area contributed by atoms with Crippen molar-refractivity contribution in [2.75, 3.05) is 13.7 Å². The van der Waals surface area contributed by atoms with E-state index in [9.17, 15) is 4.79 Å². The molecule has 0 radical (unpaired) electrons. The molecule has 3 nitrogen and oxygen atoms in total. The maximum absolute atomic E-state index is 11.4. The number of nitrogens with two attached hydrogens (primary N) is 1. The fourth-order valence-electron chi connectivity index (χ4n) is 2.87. The monoisotopic (exact) mass is 227 g/mol. The van der Waals surface area contributed by atoms with Crippen LogP contribution < -0.4 is 5.73 Å². The van der Waals surface area contributed by atoms with Crippen LogP contribution in [0.1, 0.15) is 46.0 Å². The molecule has 0 spiro atoms. The zero-order valence-electron chi connectivity index (χ0n) is 10.8. The Kier molecular flexibility index (Phi) is 4.78. The number of rotatable bonds is 4. The first-order valence-electron chi connectivity index (χ1n) is 6.30. The van der Waals surface area contributed by atoms with Crippen LogP contribution in [-0.2, 0) is 9.53 Å². The van der Waals surface area contributed by atoms with E-state index in [-0.39, 0.29) is 11.4 Å². The van der Waals surface area contributed by atoms with Gasteiger partial charge >= 0.3 is 5.97 Å². The molecule has 1 saturated carbocycles. The number of esters is 1. The molecular weight excluding hydrogens is 202 g/mol. The average molecular weight is 227 g/mol. The molecule has 0 aromatic heterocycles. The number of carbonyl (C=O) groups excluding carboxylic acids is 1. The number of carbonyl (C=O) groups is 1. The Bertz CT molecular complexity index is 240. The van der Waals surface area contributed by atoms with Crippen LogP contribution in [0.2, 0.25) is 0 Å². The number of hydrogen-bond donors (Lipinski definition) is 1. The van der Waals surface area contributed by atoms with Gasteiger partial charge in [-0.1, -0.05) is 26.7 Å². The zero-order valence-corrected chi connectivity index (χ0v) is 10.8. The largest absolute Gasteiger partial charge is 0.469 e. The lowest BCUT2D eigenvalue weighted by Gasteiger charge is -2.41. The van der Waals surface area contributed by atoms with E-state index in [1.54, 1.807) is 0 Å². The minimum Gasteiger partial charge on any atom is -0.469 e. The highest BCUT2D eigenvalue weighted by Gasteiger charge is 2.38. The lowest BCUT2D eigenvalue weighted by Crippen LogP contribution is -2.39. The first kappa shape index (κ1) is 13.5. The summed E-state index contributed by atoms with van der Waals surface area (Å²) in [5, 5.41) is 0. The third-order valence-electron chi connectivity index (χ3n) is 4.10. The van der Waals surface area contributed by atoms with Crippen LogP contribution in [0.15, 0.2) is 0 Å². The molecule has 3 heteroatoms. The van der Waals surface area contributed by atoms with Crippen LogP contribution in [0.25, 0.3) is 0 Å². The zero-order chi connectivity index (χ0) is 12.2. The summed E-state index contributed by atoms with van der Waals surface area (Å²) in [5.74, 6) is 1.28. The van der Waals surface area contributed by atoms with Gasteiger partial charge in [-0.3, -0.25) is 4.79 Å². The van der Waals surface area contributed by atoms with Crippen LogP contribution in [0.3, 0.4) is 0 Å². The Morgan fingerprint density at radius 3 is 2.75 bits per heavy atom. The molecule has 2 atom stereocenters. The summed E-state index contributed by atoms with van der Waals surface area (Å²) in [6, 6.07) is 0. The first-order valence-corrected chi connectivity index (χ1v) is 6.30. The molecule has 0 aromatic carbocycles. The molecule has 1 aliphatic rings. The molecule has 0 saturated heterocycles. The van der Waals surface area contributed by atoms with Crippen molar-refractivity contribution in [2.45, 2.75) is 46.0 Å². The normalized spacial score (nSPS) is 30.4. The van der Waals surface area contributed by atoms with Gasteiger partial charge < -0.3 is 10.5 Å². The van der Waals surface area contributed by atoms with Gasteiger partial charge in [0.05, 0.1) is 13.5 Å². The van der Waals surface area contributed by atoms with E-state index in [1.165, 1.54) is 20.0 Å². The molecule has 2 N–H and O–H groups in total. The first-order chi connectivity index (χ1) is 7.53. The average Bonchev–Trinajstić information content (AvgIpc) is 2.29. The van der Waals surface area contributed by atoms with Gasteiger partial charge in [-0.15, -0.1) is 0 Å². The minimum absolute atomic E-state index is 0.000278. The Morgan fingerprint density at radius 2 is 2.25 bits per heavy atom. The fraction of sp³-hybridized carbons (Fsp3) is 0.923. The van der Waals surface area contributed by atoms with Gasteiger partial charge in [0.2, 0.25) is 0 Å². The minimum atomic E-state index is -0.116. The number of methoxy groups -OCH3 is 1. The van der Waals surface area contributed by atoms with E-state index in [0.29, 0.717) is 24.8 Å². The molecule has 2 unspecified atom stereocenters. The van der Waals surface area contributed by atoms with E-state index in [4.69, 9.17) is 10.5 Å². The fourth-order valence-corrected chi connectivity index (χ4v) is 2.87. The van der Waals surface area contributed by atoms with Gasteiger partial charge in [-0.25, -0.2) is 0 Å². The Balaban J connectivity index is 2.67. The molecule has 1 aliphatic carbocycles. The Labute approximate surface area is 98.7 Å². The second-order valence-electron chi connectivity index (χ2n) is 5.56. The topological polar surface area (TPSA) is 52.3 Å². The lowest BCUT2D eigenvalue weighted by atomic mass is 9.65. The van der Waals surface area contributed by atoms with Gasteiger partial charge in [0.1, 0.15) is 0 Å². The van der Waals surface area contributed by atoms with E-state index in [0.717, 1.165) is 12.8 Å². The molecule has 0 bridgehead atoms. The van der Waals surface area contributed by atoms with Crippen LogP contribution >= 0.6 is 0 Å². The van der Waals surface area contributed by atoms with Crippen molar-refractivity contribution in [3.63, 3.8) is 0 Å². The van der Waals surface area contributed by atoms with Crippen LogP contribution in [0.5, 0.6) is 0 Å². The molecule has 0 amide bonds. The highest BCUT2D eigenvalue weighted by atomic mass is 16.5. The maximum Gasteiger partial charge on any atom is 0.306 e. The van der Waals surface area contributed by atoms with E-state index >= 15 is 0 Å². The van der Waals surface area contributed by atoms with Gasteiger partial charge in [0, 0.05) is 0 Å². The molecule has 1 rings (SSSR count). The standard InChI is InChI=1S/C13H25NO2/c1-10(2)11-5-4-6-13(7-11,9-14)8-12(15)16-3/h10-11H,4-9,14H2,1-3H3. The number of hydrogen-bond acceptors (Lipinski definition) is 3. The van der Waals surface area contributed by atoms with Crippen molar-refractivity contribution in [3.05, 3.63) is 0 Å². The summed E-state index contributed by atoms with van der Waals surface area (Å²) in [5.41, 5.74) is 5.90. The Morgan fingerprint density at radius 1 is 1.56 bits per heavy atom. The maximum atomic E-state index is 11.4. The van der Waals surface area contributed by atoms with Gasteiger partial charge in [-0.05, 0) is 36.6 Å². The molecule has 94 valence electrons. The summed E-state index contributed by atoms with van der Waals surface area (Å²) < 4.78 is 4.78. The van der Waals surface area contributed by atoms with Crippen molar-refractivity contribution < 1.29 is 9.53 Å². The smallest absolute Gasteiger partial charge is 0.306 e. The molecule has 1 fully saturated rings. The summed E-state index contributed by atoms with van der Waals surface area (Å²) in [6.07, 6.45) is 5.11. The van der Waals surface area contributed by atoms with Crippen molar-refractivity contribution in [1.82, 2.24) is 0 Å². The summed E-state index contributed by atoms with van der Waals surface area (Å²) in [7, 11) is 1.45. The van der Waals surface area contributed by atoms with E-state index in [2.05, 4.69) is 13.8 Å². The molecule has 16 heavy (non-hydrogen) atoms. The SMILES string of the molecule is COC(=O)CC1(CN)CCCC(C(C)C)C1. The van der Waals surface area contributed by atoms with Crippen LogP contribution in [-0.4, -0.2) is 19.6 Å². The summed E-state index contributed by atoms with van der Waals surface area (Å²) in [4.78, 5) is 11.4. The second kappa shape index (κ2) is 5.67. The molecular formula is C13H25NO2. The van der Waals surface area contributed by atoms with Crippen LogP contribution in [0, 0.1) is 17.3 Å². The molecule has 0 heterocycles. The quantitative estimate of drug-likeness (QED) is 0.750. The highest BCUT2D eigenvalue weighted by Crippen LogP contribution is 2.43. The molecule has 0 aromatic rings. The second-order valence-corrected chi connectivity index (χ2v) is 5.56. The summed E-state index contributed by atoms with van der Waals surface area (Å²) >= 11 is 0. The van der Waals surface area contributed by atoms with Crippen LogP contribution in [0.4, 0.5) is 0 Å². The van der Waals surface area contributed by atoms with Crippen molar-refractivity contribution in [1.29, 1.82) is 0 Å². The number of ether oxygens (including phenoxy) is 1. The van der Waals surface area contributed by atoms with Gasteiger partial charge in [0.15, 0.2) is 0 Å². The van der Waals surface area contributed by atoms with Crippen molar-refractivity contribution in [3.8, 4) is 0 Å². The molecule has 0 aliphatic heterocycles. The summed E-state index contributed by atoms with van der Waals surface area (Å²) in [6.45, 7) is 5.12. The van der Waals surface area contributed by atoms with Gasteiger partial charge in [0.25, 0.3) is 0 Å². The third kappa shape index (κ3) is 3.21. The predicted molar refractivity (Wildman–Crippen MR) is 64.9 cm³/mol. The predicted octanol–water partition coefficient (Wildman–Crippen LogP) is 2.34. The van der Waals surface area contributed by atoms with Crippen molar-refractivity contribution in [2.24, 2.45) is 23.0 Å². The Hall–Kier alpha value is -0.570. The highest BCUT2D eigenvalue weighted by molar-refractivity contribution is 5.70. The van der Waals surface area contributed by atoms with E-state index in [1.807, 2.05) is 0 Å². The third-order valence-corrected chi connectivity index (χ3v) is 4.10. The van der Waals surface area contributed by atoms with Crippen molar-refractivity contribution >= 4 is 5.97 Å².